The third-order valence-corrected chi connectivity index (χ3v) is 3.68. The van der Waals surface area contributed by atoms with Gasteiger partial charge in [-0.05, 0) is 61.3 Å². The molecule has 1 aromatic rings. The number of carbonyl (C=O) groups is 1. The summed E-state index contributed by atoms with van der Waals surface area (Å²) in [5.41, 5.74) is 0.343. The Bertz CT molecular complexity index is 463. The minimum Gasteiger partial charge on any atom is -0.374 e. The van der Waals surface area contributed by atoms with Crippen LogP contribution in [0.3, 0.4) is 0 Å². The molecule has 5 heteroatoms. The first-order valence-electron chi connectivity index (χ1n) is 6.29. The number of rotatable bonds is 5. The first-order chi connectivity index (χ1) is 8.75. The third-order valence-electron chi connectivity index (χ3n) is 3.04. The molecule has 1 atom stereocenters. The number of carbonyl (C=O) groups excluding carboxylic acids is 1. The molecule has 0 fully saturated rings. The number of halogens is 2. The fourth-order valence-corrected chi connectivity index (χ4v) is 1.68. The second-order valence-corrected chi connectivity index (χ2v) is 6.08. The van der Waals surface area contributed by atoms with Gasteiger partial charge in [-0.1, -0.05) is 6.92 Å². The van der Waals surface area contributed by atoms with Gasteiger partial charge in [0.2, 0.25) is 5.91 Å². The van der Waals surface area contributed by atoms with E-state index in [2.05, 4.69) is 26.6 Å². The van der Waals surface area contributed by atoms with Crippen molar-refractivity contribution in [2.75, 3.05) is 5.32 Å². The zero-order valence-corrected chi connectivity index (χ0v) is 13.3. The Balaban J connectivity index is 2.66. The van der Waals surface area contributed by atoms with Gasteiger partial charge in [0.15, 0.2) is 0 Å². The number of anilines is 1. The van der Waals surface area contributed by atoms with Crippen molar-refractivity contribution in [2.24, 2.45) is 0 Å². The molecule has 1 unspecified atom stereocenters. The second-order valence-electron chi connectivity index (χ2n) is 5.22. The summed E-state index contributed by atoms with van der Waals surface area (Å²) in [4.78, 5) is 12.0. The molecular formula is C14H20BrFN2O. The van der Waals surface area contributed by atoms with E-state index >= 15 is 0 Å². The van der Waals surface area contributed by atoms with Crippen molar-refractivity contribution in [3.63, 3.8) is 0 Å². The van der Waals surface area contributed by atoms with Gasteiger partial charge in [-0.2, -0.15) is 0 Å². The predicted octanol–water partition coefficient (Wildman–Crippen LogP) is 3.69. The van der Waals surface area contributed by atoms with Crippen LogP contribution < -0.4 is 10.6 Å². The first-order valence-corrected chi connectivity index (χ1v) is 7.08. The quantitative estimate of drug-likeness (QED) is 0.864. The molecule has 0 heterocycles. The molecule has 1 aromatic carbocycles. The van der Waals surface area contributed by atoms with E-state index in [0.29, 0.717) is 10.2 Å². The Morgan fingerprint density at radius 2 is 2.11 bits per heavy atom. The molecule has 106 valence electrons. The lowest BCUT2D eigenvalue weighted by molar-refractivity contribution is -0.123. The summed E-state index contributed by atoms with van der Waals surface area (Å²) in [6.07, 6.45) is 0.846. The van der Waals surface area contributed by atoms with Crippen LogP contribution in [-0.4, -0.2) is 17.5 Å². The van der Waals surface area contributed by atoms with E-state index in [4.69, 9.17) is 0 Å². The van der Waals surface area contributed by atoms with E-state index in [1.807, 2.05) is 20.8 Å². The van der Waals surface area contributed by atoms with Crippen molar-refractivity contribution in [1.82, 2.24) is 5.32 Å². The van der Waals surface area contributed by atoms with Crippen molar-refractivity contribution in [2.45, 2.75) is 45.7 Å². The van der Waals surface area contributed by atoms with Crippen LogP contribution in [0.4, 0.5) is 10.1 Å². The fraction of sp³-hybridized carbons (Fsp3) is 0.500. The van der Waals surface area contributed by atoms with E-state index in [-0.39, 0.29) is 17.3 Å². The summed E-state index contributed by atoms with van der Waals surface area (Å²) >= 11 is 3.09. The molecule has 2 N–H and O–H groups in total. The number of hydrogen-bond donors (Lipinski definition) is 2. The number of nitrogens with one attached hydrogen (secondary N) is 2. The average Bonchev–Trinajstić information content (AvgIpc) is 2.33. The standard InChI is InChI=1S/C14H20BrFN2O/c1-5-14(3,4)18-13(19)9(2)17-10-6-7-11(15)12(16)8-10/h6-9,17H,5H2,1-4H3,(H,18,19). The normalized spacial score (nSPS) is 12.9. The zero-order valence-electron chi connectivity index (χ0n) is 11.7. The summed E-state index contributed by atoms with van der Waals surface area (Å²) in [5.74, 6) is -0.457. The maximum absolute atomic E-state index is 13.4. The Morgan fingerprint density at radius 1 is 1.47 bits per heavy atom. The van der Waals surface area contributed by atoms with Gasteiger partial charge in [0.1, 0.15) is 11.9 Å². The highest BCUT2D eigenvalue weighted by atomic mass is 79.9. The van der Waals surface area contributed by atoms with E-state index in [0.717, 1.165) is 6.42 Å². The fourth-order valence-electron chi connectivity index (χ4n) is 1.43. The number of hydrogen-bond acceptors (Lipinski definition) is 2. The molecule has 0 aromatic heterocycles. The van der Waals surface area contributed by atoms with Crippen molar-refractivity contribution < 1.29 is 9.18 Å². The van der Waals surface area contributed by atoms with Crippen LogP contribution in [0.15, 0.2) is 22.7 Å². The summed E-state index contributed by atoms with van der Waals surface area (Å²) in [5, 5.41) is 5.93. The van der Waals surface area contributed by atoms with E-state index in [1.54, 1.807) is 19.1 Å². The van der Waals surface area contributed by atoms with Gasteiger partial charge in [-0.3, -0.25) is 4.79 Å². The monoisotopic (exact) mass is 330 g/mol. The molecular weight excluding hydrogens is 311 g/mol. The Hall–Kier alpha value is -1.10. The van der Waals surface area contributed by atoms with E-state index < -0.39 is 6.04 Å². The summed E-state index contributed by atoms with van der Waals surface area (Å²) in [7, 11) is 0. The molecule has 0 saturated carbocycles. The molecule has 0 aliphatic rings. The van der Waals surface area contributed by atoms with Crippen LogP contribution in [-0.2, 0) is 4.79 Å². The zero-order chi connectivity index (χ0) is 14.6. The van der Waals surface area contributed by atoms with Gasteiger partial charge in [0, 0.05) is 11.2 Å². The van der Waals surface area contributed by atoms with Crippen LogP contribution in [0.25, 0.3) is 0 Å². The van der Waals surface area contributed by atoms with Gasteiger partial charge < -0.3 is 10.6 Å². The lowest BCUT2D eigenvalue weighted by Gasteiger charge is -2.27. The number of amides is 1. The molecule has 0 bridgehead atoms. The first kappa shape index (κ1) is 16.0. The van der Waals surface area contributed by atoms with Crippen LogP contribution >= 0.6 is 15.9 Å². The Kier molecular flexibility index (Phi) is 5.35. The van der Waals surface area contributed by atoms with Crippen LogP contribution in [0.5, 0.6) is 0 Å². The van der Waals surface area contributed by atoms with Crippen LogP contribution in [0, 0.1) is 5.82 Å². The topological polar surface area (TPSA) is 41.1 Å². The highest BCUT2D eigenvalue weighted by Gasteiger charge is 2.21. The van der Waals surface area contributed by atoms with Gasteiger partial charge >= 0.3 is 0 Å². The maximum atomic E-state index is 13.4. The third kappa shape index (κ3) is 4.82. The lowest BCUT2D eigenvalue weighted by atomic mass is 10.0. The minimum atomic E-state index is -0.425. The van der Waals surface area contributed by atoms with Crippen molar-refractivity contribution in [3.05, 3.63) is 28.5 Å². The minimum absolute atomic E-state index is 0.102. The van der Waals surface area contributed by atoms with Crippen molar-refractivity contribution in [1.29, 1.82) is 0 Å². The molecule has 3 nitrogen and oxygen atoms in total. The predicted molar refractivity (Wildman–Crippen MR) is 79.7 cm³/mol. The SMILES string of the molecule is CCC(C)(C)NC(=O)C(C)Nc1ccc(Br)c(F)c1. The molecule has 0 saturated heterocycles. The van der Waals surface area contributed by atoms with Crippen molar-refractivity contribution >= 4 is 27.5 Å². The Morgan fingerprint density at radius 3 is 2.63 bits per heavy atom. The summed E-state index contributed by atoms with van der Waals surface area (Å²) in [6, 6.07) is 4.27. The molecule has 1 rings (SSSR count). The molecule has 0 radical (unpaired) electrons. The van der Waals surface area contributed by atoms with E-state index in [9.17, 15) is 9.18 Å². The Labute approximate surface area is 122 Å². The number of benzene rings is 1. The molecule has 1 amide bonds. The molecule has 19 heavy (non-hydrogen) atoms. The average molecular weight is 331 g/mol. The highest BCUT2D eigenvalue weighted by molar-refractivity contribution is 9.10. The van der Waals surface area contributed by atoms with Crippen LogP contribution in [0.1, 0.15) is 34.1 Å². The van der Waals surface area contributed by atoms with Crippen molar-refractivity contribution in [3.8, 4) is 0 Å². The van der Waals surface area contributed by atoms with Gasteiger partial charge in [0.05, 0.1) is 4.47 Å². The second kappa shape index (κ2) is 6.37. The maximum Gasteiger partial charge on any atom is 0.242 e. The smallest absolute Gasteiger partial charge is 0.242 e. The summed E-state index contributed by atoms with van der Waals surface area (Å²) < 4.78 is 13.8. The largest absolute Gasteiger partial charge is 0.374 e. The van der Waals surface area contributed by atoms with Gasteiger partial charge in [-0.15, -0.1) is 0 Å². The molecule has 0 spiro atoms. The van der Waals surface area contributed by atoms with E-state index in [1.165, 1.54) is 6.07 Å². The van der Waals surface area contributed by atoms with Gasteiger partial charge in [0.25, 0.3) is 0 Å². The van der Waals surface area contributed by atoms with Crippen LogP contribution in [0.2, 0.25) is 0 Å². The summed E-state index contributed by atoms with van der Waals surface area (Å²) in [6.45, 7) is 7.71. The molecule has 0 aliphatic heterocycles. The lowest BCUT2D eigenvalue weighted by Crippen LogP contribution is -2.48. The van der Waals surface area contributed by atoms with Gasteiger partial charge in [-0.25, -0.2) is 4.39 Å². The highest BCUT2D eigenvalue weighted by Crippen LogP contribution is 2.20. The molecule has 0 aliphatic carbocycles.